The smallest absolute Gasteiger partial charge is 0.134 e. The van der Waals surface area contributed by atoms with Crippen molar-refractivity contribution in [3.8, 4) is 23.0 Å². The van der Waals surface area contributed by atoms with Crippen LogP contribution < -0.4 is 9.47 Å². The molecule has 9 aromatic rings. The lowest BCUT2D eigenvalue weighted by molar-refractivity contribution is 0.295. The number of fused-ring (bicyclic) bond motifs is 3. The molecule has 390 valence electrons. The van der Waals surface area contributed by atoms with Crippen molar-refractivity contribution in [3.63, 3.8) is 0 Å². The molecule has 3 aliphatic rings. The van der Waals surface area contributed by atoms with E-state index in [1.807, 2.05) is 21.8 Å². The van der Waals surface area contributed by atoms with Gasteiger partial charge in [-0.25, -0.2) is 9.36 Å². The largest absolute Gasteiger partial charge is 0.507 e. The summed E-state index contributed by atoms with van der Waals surface area (Å²) in [6.07, 6.45) is 5.55. The predicted octanol–water partition coefficient (Wildman–Crippen LogP) is 14.0. The van der Waals surface area contributed by atoms with Gasteiger partial charge in [-0.05, 0) is 121 Å². The van der Waals surface area contributed by atoms with Gasteiger partial charge in [0.1, 0.15) is 47.6 Å². The second-order valence-electron chi connectivity index (χ2n) is 25.7. The average Bonchev–Trinajstić information content (AvgIpc) is 4.03. The van der Waals surface area contributed by atoms with Crippen molar-refractivity contribution in [2.24, 2.45) is 0 Å². The summed E-state index contributed by atoms with van der Waals surface area (Å²) in [6, 6.07) is 34.9. The maximum absolute atomic E-state index is 12.8. The number of hydrogen-bond donors (Lipinski definition) is 2. The molecule has 0 unspecified atom stereocenters. The van der Waals surface area contributed by atoms with Gasteiger partial charge in [0.25, 0.3) is 0 Å². The Bertz CT molecular complexity index is 3340. The zero-order valence-electron chi connectivity index (χ0n) is 46.4. The zero-order chi connectivity index (χ0) is 53.6. The molecule has 4 heterocycles. The predicted molar refractivity (Wildman–Crippen MR) is 303 cm³/mol. The Hall–Kier alpha value is -7.46. The van der Waals surface area contributed by atoms with Crippen molar-refractivity contribution >= 4 is 21.5 Å². The first-order chi connectivity index (χ1) is 35.9. The summed E-state index contributed by atoms with van der Waals surface area (Å²) >= 11 is 0. The van der Waals surface area contributed by atoms with Gasteiger partial charge in [-0.3, -0.25) is 0 Å². The van der Waals surface area contributed by atoms with Crippen LogP contribution >= 0.6 is 0 Å². The standard InChI is InChI=1S/C66H72N6O4/c1-63(2,3)47-25-39-21-43-29-49(65(7,8)9)31-45-23-41-27-48(64(4,5)6)28-42(60(41)74)24-46-32-50(66(10,11)12)30-44(22-40(26-47)59(39)73)62(46)76-38-52-34-72(70-68-52)36-58-55-19-15-13-17-53(55)57(54-18-14-16-20-56(54)58)35-71-33-51(67-69-71)37-75-61(43)45/h13-20,25-34,73-74H,21-24,35-38H2,1-12H3. The lowest BCUT2D eigenvalue weighted by Crippen LogP contribution is -2.16. The molecule has 16 bridgehead atoms. The van der Waals surface area contributed by atoms with Gasteiger partial charge in [0.05, 0.1) is 25.5 Å². The van der Waals surface area contributed by atoms with Crippen molar-refractivity contribution in [2.45, 2.75) is 157 Å². The average molecular weight is 1010 g/mol. The Balaban J connectivity index is 1.20. The molecule has 76 heavy (non-hydrogen) atoms. The molecule has 0 radical (unpaired) electrons. The number of nitrogens with zero attached hydrogens (tertiary/aromatic N) is 6. The molecule has 2 N–H and O–H groups in total. The van der Waals surface area contributed by atoms with Gasteiger partial charge in [0.15, 0.2) is 0 Å². The number of ether oxygens (including phenoxy) is 2. The second-order valence-corrected chi connectivity index (χ2v) is 25.7. The molecule has 0 spiro atoms. The van der Waals surface area contributed by atoms with Gasteiger partial charge in [0, 0.05) is 25.7 Å². The zero-order valence-corrected chi connectivity index (χ0v) is 46.4. The molecule has 0 saturated heterocycles. The van der Waals surface area contributed by atoms with E-state index in [0.29, 0.717) is 61.7 Å². The van der Waals surface area contributed by atoms with E-state index >= 15 is 0 Å². The van der Waals surface area contributed by atoms with Gasteiger partial charge in [-0.1, -0.05) is 191 Å². The molecule has 10 nitrogen and oxygen atoms in total. The van der Waals surface area contributed by atoms with Crippen LogP contribution in [0.2, 0.25) is 0 Å². The Morgan fingerprint density at radius 2 is 0.658 bits per heavy atom. The first kappa shape index (κ1) is 50.7. The van der Waals surface area contributed by atoms with Crippen LogP contribution in [0.5, 0.6) is 23.0 Å². The van der Waals surface area contributed by atoms with E-state index in [0.717, 1.165) is 99.4 Å². The fourth-order valence-corrected chi connectivity index (χ4v) is 11.2. The van der Waals surface area contributed by atoms with E-state index in [9.17, 15) is 10.2 Å². The number of phenolic OH excluding ortho intramolecular Hbond substituents is 2. The van der Waals surface area contributed by atoms with Crippen molar-refractivity contribution in [1.82, 2.24) is 30.0 Å². The highest BCUT2D eigenvalue weighted by Crippen LogP contribution is 2.44. The quantitative estimate of drug-likeness (QED) is 0.144. The molecule has 1 aliphatic carbocycles. The third-order valence-corrected chi connectivity index (χ3v) is 15.7. The summed E-state index contributed by atoms with van der Waals surface area (Å²) in [6.45, 7) is 28.1. The van der Waals surface area contributed by atoms with Crippen LogP contribution in [-0.2, 0) is 73.6 Å². The molecule has 7 aromatic carbocycles. The Morgan fingerprint density at radius 1 is 0.395 bits per heavy atom. The summed E-state index contributed by atoms with van der Waals surface area (Å²) < 4.78 is 18.1. The summed E-state index contributed by atoms with van der Waals surface area (Å²) in [5.74, 6) is 1.93. The monoisotopic (exact) mass is 1010 g/mol. The molecular weight excluding hydrogens is 941 g/mol. The fraction of sp³-hybridized carbons (Fsp3) is 0.364. The van der Waals surface area contributed by atoms with Gasteiger partial charge in [0.2, 0.25) is 0 Å². The summed E-state index contributed by atoms with van der Waals surface area (Å²) in [7, 11) is 0. The van der Waals surface area contributed by atoms with Crippen LogP contribution in [0.15, 0.2) is 109 Å². The summed E-state index contributed by atoms with van der Waals surface area (Å²) in [5.41, 5.74) is 14.2. The third kappa shape index (κ3) is 9.83. The van der Waals surface area contributed by atoms with Crippen molar-refractivity contribution < 1.29 is 19.7 Å². The summed E-state index contributed by atoms with van der Waals surface area (Å²) in [4.78, 5) is 0. The maximum atomic E-state index is 12.8. The maximum Gasteiger partial charge on any atom is 0.134 e. The molecule has 10 heteroatoms. The highest BCUT2D eigenvalue weighted by atomic mass is 16.5. The van der Waals surface area contributed by atoms with Crippen LogP contribution in [0.1, 0.15) is 172 Å². The molecule has 0 fully saturated rings. The minimum absolute atomic E-state index is 0.154. The molecule has 0 atom stereocenters. The number of benzene rings is 7. The minimum Gasteiger partial charge on any atom is -0.507 e. The van der Waals surface area contributed by atoms with Gasteiger partial charge in [-0.15, -0.1) is 10.2 Å². The van der Waals surface area contributed by atoms with Crippen LogP contribution in [0.4, 0.5) is 0 Å². The van der Waals surface area contributed by atoms with Crippen LogP contribution in [0, 0.1) is 0 Å². The lowest BCUT2D eigenvalue weighted by Gasteiger charge is -2.28. The van der Waals surface area contributed by atoms with E-state index < -0.39 is 0 Å². The molecule has 0 amide bonds. The van der Waals surface area contributed by atoms with Crippen LogP contribution in [-0.4, -0.2) is 40.2 Å². The van der Waals surface area contributed by atoms with Gasteiger partial charge in [-0.2, -0.15) is 0 Å². The topological polar surface area (TPSA) is 120 Å². The Labute approximate surface area is 447 Å². The van der Waals surface area contributed by atoms with Crippen LogP contribution in [0.3, 0.4) is 0 Å². The fourth-order valence-electron chi connectivity index (χ4n) is 11.2. The molecule has 12 rings (SSSR count). The number of rotatable bonds is 0. The summed E-state index contributed by atoms with van der Waals surface area (Å²) in [5, 5.41) is 49.2. The molecular formula is C66H72N6O4. The number of phenols is 2. The van der Waals surface area contributed by atoms with Gasteiger partial charge < -0.3 is 19.7 Å². The highest BCUT2D eigenvalue weighted by Gasteiger charge is 2.29. The third-order valence-electron chi connectivity index (χ3n) is 15.7. The lowest BCUT2D eigenvalue weighted by atomic mass is 9.79. The minimum atomic E-state index is -0.240. The van der Waals surface area contributed by atoms with Crippen molar-refractivity contribution in [1.29, 1.82) is 0 Å². The van der Waals surface area contributed by atoms with Crippen molar-refractivity contribution in [2.75, 3.05) is 0 Å². The van der Waals surface area contributed by atoms with E-state index in [1.54, 1.807) is 0 Å². The number of hydrogen-bond acceptors (Lipinski definition) is 8. The van der Waals surface area contributed by atoms with E-state index in [1.165, 1.54) is 0 Å². The Morgan fingerprint density at radius 3 is 0.921 bits per heavy atom. The molecule has 0 saturated carbocycles. The highest BCUT2D eigenvalue weighted by molar-refractivity contribution is 6.05. The van der Waals surface area contributed by atoms with E-state index in [-0.39, 0.29) is 46.4 Å². The second kappa shape index (κ2) is 18.7. The number of aromatic nitrogens is 6. The SMILES string of the molecule is CC(C)(C)c1cc2c(O)c(c1)Cc1cc(C(C)(C)C)cc3c1OCc1cn(nn1)Cc1c4ccccc4c(c4ccccc14)Cn1cc(nn1)COc1c(cc(C(C)(C)C)cc1Cc1cc(C(C)(C)C)cc(c1O)C3)C2. The van der Waals surface area contributed by atoms with E-state index in [2.05, 4.69) is 180 Å². The molecule has 2 aromatic heterocycles. The number of aromatic hydroxyl groups is 2. The van der Waals surface area contributed by atoms with Crippen LogP contribution in [0.25, 0.3) is 21.5 Å². The van der Waals surface area contributed by atoms with Gasteiger partial charge >= 0.3 is 0 Å². The first-order valence-electron chi connectivity index (χ1n) is 26.9. The Kier molecular flexibility index (Phi) is 12.5. The first-order valence-corrected chi connectivity index (χ1v) is 26.9. The van der Waals surface area contributed by atoms with E-state index in [4.69, 9.17) is 30.1 Å². The van der Waals surface area contributed by atoms with Crippen molar-refractivity contribution in [3.05, 3.63) is 199 Å². The molecule has 2 aliphatic heterocycles. The normalized spacial score (nSPS) is 14.5.